The molecule has 0 saturated heterocycles. The minimum absolute atomic E-state index is 0.0371. The van der Waals surface area contributed by atoms with Crippen molar-refractivity contribution in [3.63, 3.8) is 0 Å². The largest absolute Gasteiger partial charge is 0.497 e. The molecular weight excluding hydrogens is 448 g/mol. The van der Waals surface area contributed by atoms with Crippen molar-refractivity contribution in [1.29, 1.82) is 0 Å². The van der Waals surface area contributed by atoms with Crippen LogP contribution in [0.3, 0.4) is 0 Å². The molecule has 0 aliphatic carbocycles. The van der Waals surface area contributed by atoms with Gasteiger partial charge >= 0.3 is 0 Å². The first-order valence-corrected chi connectivity index (χ1v) is 12.9. The third-order valence-electron chi connectivity index (χ3n) is 6.37. The van der Waals surface area contributed by atoms with Crippen LogP contribution in [0.15, 0.2) is 78.9 Å². The lowest BCUT2D eigenvalue weighted by molar-refractivity contribution is -0.141. The number of rotatable bonds is 13. The smallest absolute Gasteiger partial charge is 0.243 e. The van der Waals surface area contributed by atoms with Gasteiger partial charge in [0.15, 0.2) is 0 Å². The van der Waals surface area contributed by atoms with E-state index in [1.807, 2.05) is 61.5 Å². The fourth-order valence-corrected chi connectivity index (χ4v) is 4.22. The molecule has 0 radical (unpaired) electrons. The lowest BCUT2D eigenvalue weighted by Crippen LogP contribution is -2.50. The van der Waals surface area contributed by atoms with Crippen LogP contribution in [0, 0.1) is 0 Å². The van der Waals surface area contributed by atoms with Crippen molar-refractivity contribution in [1.82, 2.24) is 10.2 Å². The Labute approximate surface area is 215 Å². The molecule has 0 aliphatic heterocycles. The number of hydrogen-bond acceptors (Lipinski definition) is 3. The standard InChI is InChI=1S/C31H38N2O3/c1-4-20-32-31(35)29(22-26-10-7-6-8-11-26)33(23-27-12-9-13-28(21-27)36-3)30(34)19-18-25-16-14-24(5-2)15-17-25/h6-17,21,29H,4-5,18-20,22-23H2,1-3H3,(H,32,35). The summed E-state index contributed by atoms with van der Waals surface area (Å²) in [4.78, 5) is 28.8. The molecule has 0 bridgehead atoms. The molecule has 0 saturated carbocycles. The Morgan fingerprint density at radius 1 is 0.861 bits per heavy atom. The van der Waals surface area contributed by atoms with Crippen molar-refractivity contribution in [2.24, 2.45) is 0 Å². The highest BCUT2D eigenvalue weighted by Crippen LogP contribution is 2.20. The Morgan fingerprint density at radius 3 is 2.22 bits per heavy atom. The molecule has 5 nitrogen and oxygen atoms in total. The topological polar surface area (TPSA) is 58.6 Å². The van der Waals surface area contributed by atoms with Gasteiger partial charge in [-0.05, 0) is 53.6 Å². The second-order valence-electron chi connectivity index (χ2n) is 9.04. The van der Waals surface area contributed by atoms with Crippen LogP contribution in [0.2, 0.25) is 0 Å². The molecule has 1 unspecified atom stereocenters. The number of nitrogens with one attached hydrogen (secondary N) is 1. The van der Waals surface area contributed by atoms with Crippen LogP contribution in [0.4, 0.5) is 0 Å². The van der Waals surface area contributed by atoms with Gasteiger partial charge < -0.3 is 15.0 Å². The SMILES string of the molecule is CCCNC(=O)C(Cc1ccccc1)N(Cc1cccc(OC)c1)C(=O)CCc1ccc(CC)cc1. The molecule has 1 atom stereocenters. The van der Waals surface area contributed by atoms with Crippen LogP contribution < -0.4 is 10.1 Å². The van der Waals surface area contributed by atoms with E-state index < -0.39 is 6.04 Å². The third-order valence-corrected chi connectivity index (χ3v) is 6.37. The van der Waals surface area contributed by atoms with Gasteiger partial charge in [-0.15, -0.1) is 0 Å². The highest BCUT2D eigenvalue weighted by Gasteiger charge is 2.30. The average molecular weight is 487 g/mol. The first-order chi connectivity index (χ1) is 17.5. The van der Waals surface area contributed by atoms with Crippen molar-refractivity contribution in [2.45, 2.75) is 58.5 Å². The van der Waals surface area contributed by atoms with Gasteiger partial charge in [0.05, 0.1) is 7.11 Å². The summed E-state index contributed by atoms with van der Waals surface area (Å²) in [6.45, 7) is 5.07. The summed E-state index contributed by atoms with van der Waals surface area (Å²) in [6.07, 6.45) is 3.24. The summed E-state index contributed by atoms with van der Waals surface area (Å²) in [5, 5.41) is 3.03. The second-order valence-corrected chi connectivity index (χ2v) is 9.04. The monoisotopic (exact) mass is 486 g/mol. The van der Waals surface area contributed by atoms with Crippen LogP contribution in [0.25, 0.3) is 0 Å². The summed E-state index contributed by atoms with van der Waals surface area (Å²) in [5.74, 6) is 0.570. The summed E-state index contributed by atoms with van der Waals surface area (Å²) in [7, 11) is 1.63. The van der Waals surface area contributed by atoms with E-state index in [2.05, 4.69) is 36.5 Å². The first kappa shape index (κ1) is 27.0. The van der Waals surface area contributed by atoms with Gasteiger partial charge in [0.25, 0.3) is 0 Å². The Kier molecular flexibility index (Phi) is 10.6. The van der Waals surface area contributed by atoms with Gasteiger partial charge in [-0.25, -0.2) is 0 Å². The van der Waals surface area contributed by atoms with Crippen molar-refractivity contribution < 1.29 is 14.3 Å². The van der Waals surface area contributed by atoms with Crippen LogP contribution in [0.1, 0.15) is 48.9 Å². The molecule has 0 spiro atoms. The highest BCUT2D eigenvalue weighted by atomic mass is 16.5. The van der Waals surface area contributed by atoms with E-state index >= 15 is 0 Å². The Morgan fingerprint density at radius 2 is 1.56 bits per heavy atom. The predicted octanol–water partition coefficient (Wildman–Crippen LogP) is 5.36. The number of aryl methyl sites for hydroxylation is 2. The zero-order valence-electron chi connectivity index (χ0n) is 21.7. The molecular formula is C31H38N2O3. The molecule has 0 fully saturated rings. The number of benzene rings is 3. The van der Waals surface area contributed by atoms with Gasteiger partial charge in [-0.1, -0.05) is 80.6 Å². The fourth-order valence-electron chi connectivity index (χ4n) is 4.22. The number of carbonyl (C=O) groups is 2. The molecule has 3 aromatic carbocycles. The van der Waals surface area contributed by atoms with Crippen molar-refractivity contribution in [2.75, 3.05) is 13.7 Å². The molecule has 0 heterocycles. The number of carbonyl (C=O) groups excluding carboxylic acids is 2. The van der Waals surface area contributed by atoms with Crippen molar-refractivity contribution in [3.8, 4) is 5.75 Å². The quantitative estimate of drug-likeness (QED) is 0.354. The van der Waals surface area contributed by atoms with E-state index in [4.69, 9.17) is 4.74 Å². The third kappa shape index (κ3) is 7.98. The maximum absolute atomic E-state index is 13.7. The number of hydrogen-bond donors (Lipinski definition) is 1. The Balaban J connectivity index is 1.88. The van der Waals surface area contributed by atoms with Crippen LogP contribution in [-0.2, 0) is 35.4 Å². The van der Waals surface area contributed by atoms with Gasteiger partial charge in [0.2, 0.25) is 11.8 Å². The lowest BCUT2D eigenvalue weighted by Gasteiger charge is -2.32. The van der Waals surface area contributed by atoms with Crippen molar-refractivity contribution in [3.05, 3.63) is 101 Å². The molecule has 36 heavy (non-hydrogen) atoms. The Bertz CT molecular complexity index is 1100. The number of methoxy groups -OCH3 is 1. The minimum Gasteiger partial charge on any atom is -0.497 e. The molecule has 5 heteroatoms. The summed E-state index contributed by atoms with van der Waals surface area (Å²) in [6, 6.07) is 25.4. The zero-order valence-corrected chi connectivity index (χ0v) is 21.7. The van der Waals surface area contributed by atoms with Crippen LogP contribution >= 0.6 is 0 Å². The van der Waals surface area contributed by atoms with Crippen LogP contribution in [-0.4, -0.2) is 36.4 Å². The van der Waals surface area contributed by atoms with E-state index in [-0.39, 0.29) is 11.8 Å². The molecule has 3 rings (SSSR count). The molecule has 190 valence electrons. The minimum atomic E-state index is -0.611. The summed E-state index contributed by atoms with van der Waals surface area (Å²) >= 11 is 0. The van der Waals surface area contributed by atoms with Gasteiger partial charge in [0.1, 0.15) is 11.8 Å². The normalized spacial score (nSPS) is 11.5. The maximum atomic E-state index is 13.7. The summed E-state index contributed by atoms with van der Waals surface area (Å²) < 4.78 is 5.40. The van der Waals surface area contributed by atoms with Gasteiger partial charge in [-0.3, -0.25) is 9.59 Å². The first-order valence-electron chi connectivity index (χ1n) is 12.9. The molecule has 0 aromatic heterocycles. The van der Waals surface area contributed by atoms with E-state index in [9.17, 15) is 9.59 Å². The van der Waals surface area contributed by atoms with Crippen LogP contribution in [0.5, 0.6) is 5.75 Å². The lowest BCUT2D eigenvalue weighted by atomic mass is 10.0. The average Bonchev–Trinajstić information content (AvgIpc) is 2.93. The molecule has 3 aromatic rings. The highest BCUT2D eigenvalue weighted by molar-refractivity contribution is 5.88. The Hall–Kier alpha value is -3.60. The van der Waals surface area contributed by atoms with E-state index in [0.29, 0.717) is 32.4 Å². The maximum Gasteiger partial charge on any atom is 0.243 e. The van der Waals surface area contributed by atoms with E-state index in [1.165, 1.54) is 5.56 Å². The van der Waals surface area contributed by atoms with Gasteiger partial charge in [-0.2, -0.15) is 0 Å². The molecule has 1 N–H and O–H groups in total. The predicted molar refractivity (Wildman–Crippen MR) is 145 cm³/mol. The van der Waals surface area contributed by atoms with E-state index in [0.717, 1.165) is 35.3 Å². The number of nitrogens with zero attached hydrogens (tertiary/aromatic N) is 1. The summed E-state index contributed by atoms with van der Waals surface area (Å²) in [5.41, 5.74) is 4.35. The van der Waals surface area contributed by atoms with E-state index in [1.54, 1.807) is 12.0 Å². The molecule has 2 amide bonds. The second kappa shape index (κ2) is 14.1. The van der Waals surface area contributed by atoms with Gasteiger partial charge in [0, 0.05) is 25.9 Å². The zero-order chi connectivity index (χ0) is 25.8. The fraction of sp³-hybridized carbons (Fsp3) is 0.355. The number of ether oxygens (including phenoxy) is 1. The number of amides is 2. The van der Waals surface area contributed by atoms with Crippen molar-refractivity contribution >= 4 is 11.8 Å². The molecule has 0 aliphatic rings.